The fourth-order valence-corrected chi connectivity index (χ4v) is 4.65. The Morgan fingerprint density at radius 3 is 2.43 bits per heavy atom. The third-order valence-corrected chi connectivity index (χ3v) is 6.79. The first-order chi connectivity index (χ1) is 14.3. The topological polar surface area (TPSA) is 79.0 Å². The first-order valence-electron chi connectivity index (χ1n) is 9.37. The highest BCUT2D eigenvalue weighted by molar-refractivity contribution is 7.89. The van der Waals surface area contributed by atoms with Crippen molar-refractivity contribution in [1.82, 2.24) is 14.5 Å². The van der Waals surface area contributed by atoms with Crippen LogP contribution in [0.15, 0.2) is 47.4 Å². The van der Waals surface area contributed by atoms with Crippen molar-refractivity contribution in [1.29, 1.82) is 0 Å². The highest BCUT2D eigenvalue weighted by Crippen LogP contribution is 2.20. The van der Waals surface area contributed by atoms with Gasteiger partial charge >= 0.3 is 0 Å². The van der Waals surface area contributed by atoms with Crippen LogP contribution in [-0.2, 0) is 21.4 Å². The van der Waals surface area contributed by atoms with Gasteiger partial charge in [-0.05, 0) is 24.3 Å². The molecule has 0 radical (unpaired) electrons. The van der Waals surface area contributed by atoms with Gasteiger partial charge in [0.05, 0.1) is 18.6 Å². The molecule has 0 aliphatic carbocycles. The van der Waals surface area contributed by atoms with Crippen molar-refractivity contribution in [2.45, 2.75) is 11.4 Å². The van der Waals surface area contributed by atoms with Crippen molar-refractivity contribution >= 4 is 15.9 Å². The largest absolute Gasteiger partial charge is 0.496 e. The van der Waals surface area contributed by atoms with E-state index in [2.05, 4.69) is 5.32 Å². The summed E-state index contributed by atoms with van der Waals surface area (Å²) < 4.78 is 58.2. The smallest absolute Gasteiger partial charge is 0.243 e. The average molecular weight is 439 g/mol. The van der Waals surface area contributed by atoms with E-state index in [0.717, 1.165) is 17.7 Å². The van der Waals surface area contributed by atoms with Gasteiger partial charge in [0, 0.05) is 38.3 Å². The van der Waals surface area contributed by atoms with E-state index in [9.17, 15) is 22.0 Å². The van der Waals surface area contributed by atoms with Gasteiger partial charge in [-0.2, -0.15) is 4.31 Å². The number of nitrogens with one attached hydrogen (secondary N) is 1. The lowest BCUT2D eigenvalue weighted by Gasteiger charge is -2.33. The van der Waals surface area contributed by atoms with Gasteiger partial charge in [-0.1, -0.05) is 18.2 Å². The summed E-state index contributed by atoms with van der Waals surface area (Å²) in [6, 6.07) is 9.90. The number of nitrogens with zero attached hydrogens (tertiary/aromatic N) is 2. The molecule has 0 bridgehead atoms. The minimum absolute atomic E-state index is 0.133. The van der Waals surface area contributed by atoms with Crippen LogP contribution in [0.4, 0.5) is 8.78 Å². The number of hydrogen-bond acceptors (Lipinski definition) is 5. The molecule has 0 aromatic heterocycles. The van der Waals surface area contributed by atoms with Crippen molar-refractivity contribution in [3.05, 3.63) is 59.7 Å². The van der Waals surface area contributed by atoms with Crippen molar-refractivity contribution in [2.75, 3.05) is 39.8 Å². The molecule has 0 spiro atoms. The average Bonchev–Trinajstić information content (AvgIpc) is 2.74. The van der Waals surface area contributed by atoms with Crippen LogP contribution in [0.3, 0.4) is 0 Å². The SMILES string of the molecule is COc1ccccc1CNC(=O)CN1CCN(S(=O)(=O)c2ccc(F)c(F)c2)CC1. The highest BCUT2D eigenvalue weighted by atomic mass is 32.2. The normalized spacial score (nSPS) is 15.7. The Balaban J connectivity index is 1.51. The lowest BCUT2D eigenvalue weighted by molar-refractivity contribution is -0.122. The highest BCUT2D eigenvalue weighted by Gasteiger charge is 2.29. The van der Waals surface area contributed by atoms with Gasteiger partial charge in [0.1, 0.15) is 5.75 Å². The summed E-state index contributed by atoms with van der Waals surface area (Å²) in [7, 11) is -2.36. The Kier molecular flexibility index (Phi) is 7.01. The van der Waals surface area contributed by atoms with E-state index in [1.807, 2.05) is 29.2 Å². The van der Waals surface area contributed by atoms with Crippen LogP contribution in [0.25, 0.3) is 0 Å². The van der Waals surface area contributed by atoms with Crippen LogP contribution in [-0.4, -0.2) is 63.4 Å². The van der Waals surface area contributed by atoms with Crippen molar-refractivity contribution in [2.24, 2.45) is 0 Å². The second-order valence-electron chi connectivity index (χ2n) is 6.84. The maximum atomic E-state index is 13.4. The van der Waals surface area contributed by atoms with Crippen molar-refractivity contribution < 1.29 is 26.7 Å². The molecule has 0 unspecified atom stereocenters. The molecule has 2 aromatic rings. The molecule has 30 heavy (non-hydrogen) atoms. The molecule has 7 nitrogen and oxygen atoms in total. The van der Waals surface area contributed by atoms with E-state index >= 15 is 0 Å². The molecular weight excluding hydrogens is 416 g/mol. The Morgan fingerprint density at radius 2 is 1.77 bits per heavy atom. The molecule has 1 aliphatic rings. The number of halogens is 2. The molecule has 1 fully saturated rings. The van der Waals surface area contributed by atoms with E-state index in [-0.39, 0.29) is 30.4 Å². The number of benzene rings is 2. The molecule has 162 valence electrons. The fourth-order valence-electron chi connectivity index (χ4n) is 3.22. The van der Waals surface area contributed by atoms with Gasteiger partial charge < -0.3 is 10.1 Å². The first kappa shape index (κ1) is 22.1. The molecule has 0 atom stereocenters. The van der Waals surface area contributed by atoms with E-state index < -0.39 is 21.7 Å². The molecule has 1 N–H and O–H groups in total. The van der Waals surface area contributed by atoms with Gasteiger partial charge in [-0.3, -0.25) is 9.69 Å². The summed E-state index contributed by atoms with van der Waals surface area (Å²) in [6.45, 7) is 1.47. The number of amides is 1. The summed E-state index contributed by atoms with van der Waals surface area (Å²) >= 11 is 0. The number of ether oxygens (including phenoxy) is 1. The summed E-state index contributed by atoms with van der Waals surface area (Å²) in [4.78, 5) is 13.8. The maximum absolute atomic E-state index is 13.4. The maximum Gasteiger partial charge on any atom is 0.243 e. The molecular formula is C20H23F2N3O4S. The molecule has 10 heteroatoms. The van der Waals surface area contributed by atoms with Crippen LogP contribution in [0.1, 0.15) is 5.56 Å². The number of carbonyl (C=O) groups is 1. The van der Waals surface area contributed by atoms with Crippen LogP contribution in [0, 0.1) is 11.6 Å². The van der Waals surface area contributed by atoms with Crippen molar-refractivity contribution in [3.63, 3.8) is 0 Å². The van der Waals surface area contributed by atoms with Gasteiger partial charge in [-0.15, -0.1) is 0 Å². The molecule has 0 saturated carbocycles. The van der Waals surface area contributed by atoms with E-state index in [0.29, 0.717) is 31.5 Å². The minimum atomic E-state index is -3.92. The molecule has 2 aromatic carbocycles. The number of methoxy groups -OCH3 is 1. The Morgan fingerprint density at radius 1 is 1.07 bits per heavy atom. The van der Waals surface area contributed by atoms with Gasteiger partial charge in [0.25, 0.3) is 0 Å². The van der Waals surface area contributed by atoms with Crippen LogP contribution < -0.4 is 10.1 Å². The van der Waals surface area contributed by atoms with E-state index in [1.54, 1.807) is 7.11 Å². The minimum Gasteiger partial charge on any atom is -0.496 e. The van der Waals surface area contributed by atoms with Gasteiger partial charge in [0.2, 0.25) is 15.9 Å². The quantitative estimate of drug-likeness (QED) is 0.709. The number of carbonyl (C=O) groups excluding carboxylic acids is 1. The summed E-state index contributed by atoms with van der Waals surface area (Å²) in [5.41, 5.74) is 0.857. The molecule has 1 aliphatic heterocycles. The fraction of sp³-hybridized carbons (Fsp3) is 0.350. The second kappa shape index (κ2) is 9.50. The summed E-state index contributed by atoms with van der Waals surface area (Å²) in [6.07, 6.45) is 0. The van der Waals surface area contributed by atoms with Crippen molar-refractivity contribution in [3.8, 4) is 5.75 Å². The first-order valence-corrected chi connectivity index (χ1v) is 10.8. The molecule has 1 amide bonds. The molecule has 1 saturated heterocycles. The Labute approximate surface area is 174 Å². The third kappa shape index (κ3) is 5.13. The van der Waals surface area contributed by atoms with Gasteiger partial charge in [0.15, 0.2) is 11.6 Å². The number of rotatable bonds is 7. The zero-order valence-corrected chi connectivity index (χ0v) is 17.3. The van der Waals surface area contributed by atoms with Crippen LogP contribution in [0.5, 0.6) is 5.75 Å². The molecule has 1 heterocycles. The summed E-state index contributed by atoms with van der Waals surface area (Å²) in [5, 5.41) is 2.83. The van der Waals surface area contributed by atoms with Gasteiger partial charge in [-0.25, -0.2) is 17.2 Å². The summed E-state index contributed by atoms with van der Waals surface area (Å²) in [5.74, 6) is -1.80. The predicted octanol–water partition coefficient (Wildman–Crippen LogP) is 1.60. The third-order valence-electron chi connectivity index (χ3n) is 4.90. The Bertz CT molecular complexity index is 1010. The zero-order chi connectivity index (χ0) is 21.7. The number of para-hydroxylation sites is 1. The Hall–Kier alpha value is -2.56. The lowest BCUT2D eigenvalue weighted by atomic mass is 10.2. The van der Waals surface area contributed by atoms with Crippen LogP contribution >= 0.6 is 0 Å². The van der Waals surface area contributed by atoms with Crippen LogP contribution in [0.2, 0.25) is 0 Å². The standard InChI is InChI=1S/C20H23F2N3O4S/c1-29-19-5-3-2-4-15(19)13-23-20(26)14-24-8-10-25(11-9-24)30(27,28)16-6-7-17(21)18(22)12-16/h2-7,12H,8-11,13-14H2,1H3,(H,23,26). The second-order valence-corrected chi connectivity index (χ2v) is 8.78. The lowest BCUT2D eigenvalue weighted by Crippen LogP contribution is -2.51. The number of piperazine rings is 1. The zero-order valence-electron chi connectivity index (χ0n) is 16.5. The predicted molar refractivity (Wildman–Crippen MR) is 106 cm³/mol. The monoisotopic (exact) mass is 439 g/mol. The molecule has 3 rings (SSSR count). The van der Waals surface area contributed by atoms with E-state index in [4.69, 9.17) is 4.74 Å². The number of sulfonamides is 1. The number of hydrogen-bond donors (Lipinski definition) is 1. The van der Waals surface area contributed by atoms with E-state index in [1.165, 1.54) is 4.31 Å².